The Balaban J connectivity index is 1.17. The van der Waals surface area contributed by atoms with Gasteiger partial charge in [0.2, 0.25) is 5.70 Å². The highest BCUT2D eigenvalue weighted by molar-refractivity contribution is 6.03. The van der Waals surface area contributed by atoms with E-state index >= 15 is 0 Å². The highest BCUT2D eigenvalue weighted by atomic mass is 16.5. The summed E-state index contributed by atoms with van der Waals surface area (Å²) in [6, 6.07) is 5.52. The molecule has 50 heavy (non-hydrogen) atoms. The number of aliphatic imine (C=N–C) groups is 1. The summed E-state index contributed by atoms with van der Waals surface area (Å²) in [7, 11) is 1.97. The van der Waals surface area contributed by atoms with Crippen LogP contribution in [0.3, 0.4) is 0 Å². The maximum absolute atomic E-state index is 11.3. The topological polar surface area (TPSA) is 165 Å². The second kappa shape index (κ2) is 19.3. The molecule has 0 aromatic heterocycles. The quantitative estimate of drug-likeness (QED) is 0.0576. The summed E-state index contributed by atoms with van der Waals surface area (Å²) in [6.07, 6.45) is 17.6. The number of aliphatic hydroxyl groups excluding tert-OH is 3. The normalized spacial score (nSPS) is 25.0. The Morgan fingerprint density at radius 3 is 2.72 bits per heavy atom. The second-order valence-corrected chi connectivity index (χ2v) is 14.9. The largest absolute Gasteiger partial charge is 0.504 e. The number of nitrogens with one attached hydrogen (secondary N) is 2. The standard InChI is InChI=1S/C40H62N4O6/c1-26(46)22-43-35(23-42-2)40-31-10-8-9-28(31)14-16-33-32(40)21-34(44-33)37(48)25-49-39-19-27(13-17-36(39)47)12-15-30-20-29(24-45)38(50-30)11-6-4-3-5-7-18-41/h13,17,19-21,26,28,31,35,37-38,40,42-43,45-46,48,50H,3-12,14-16,18,22-25,41H2,1-2H3/p+1. The van der Waals surface area contributed by atoms with Crippen LogP contribution in [0.15, 0.2) is 46.6 Å². The van der Waals surface area contributed by atoms with E-state index in [1.807, 2.05) is 32.2 Å². The van der Waals surface area contributed by atoms with E-state index in [1.165, 1.54) is 38.0 Å². The molecule has 1 aromatic rings. The molecule has 10 nitrogen and oxygen atoms in total. The number of hydrogen-bond acceptors (Lipinski definition) is 9. The van der Waals surface area contributed by atoms with Crippen molar-refractivity contribution < 1.29 is 29.9 Å². The third kappa shape index (κ3) is 10.3. The van der Waals surface area contributed by atoms with Crippen LogP contribution in [0, 0.1) is 29.8 Å². The first kappa shape index (κ1) is 38.7. The van der Waals surface area contributed by atoms with Crippen molar-refractivity contribution in [3.63, 3.8) is 0 Å². The molecule has 5 rings (SSSR count). The minimum atomic E-state index is -0.939. The number of rotatable bonds is 21. The van der Waals surface area contributed by atoms with Crippen LogP contribution >= 0.6 is 0 Å². The molecule has 278 valence electrons. The van der Waals surface area contributed by atoms with Crippen LogP contribution in [0.25, 0.3) is 0 Å². The Hall–Kier alpha value is -2.57. The Labute approximate surface area is 299 Å². The fourth-order valence-corrected chi connectivity index (χ4v) is 8.52. The van der Waals surface area contributed by atoms with E-state index in [2.05, 4.69) is 16.7 Å². The predicted octanol–water partition coefficient (Wildman–Crippen LogP) is 4.02. The van der Waals surface area contributed by atoms with E-state index in [1.54, 1.807) is 6.07 Å². The van der Waals surface area contributed by atoms with Crippen molar-refractivity contribution in [1.82, 2.24) is 10.6 Å². The number of hydrogen-bond donors (Lipinski definition) is 7. The molecule has 2 saturated carbocycles. The number of aliphatic hydroxyl groups is 5. The first-order valence-corrected chi connectivity index (χ1v) is 19.2. The predicted molar refractivity (Wildman–Crippen MR) is 199 cm³/mol. The monoisotopic (exact) mass is 695 g/mol. The molecule has 0 spiro atoms. The lowest BCUT2D eigenvalue weighted by Gasteiger charge is -2.33. The Bertz CT molecular complexity index is 1300. The van der Waals surface area contributed by atoms with E-state index in [9.17, 15) is 20.4 Å². The zero-order chi connectivity index (χ0) is 35.5. The van der Waals surface area contributed by atoms with Crippen molar-refractivity contribution in [2.24, 2.45) is 28.5 Å². The number of unbranched alkanes of at least 4 members (excludes halogenated alkanes) is 4. The fourth-order valence-electron chi connectivity index (χ4n) is 8.52. The highest BCUT2D eigenvalue weighted by Crippen LogP contribution is 2.49. The van der Waals surface area contributed by atoms with E-state index in [0.29, 0.717) is 29.8 Å². The third-order valence-electron chi connectivity index (χ3n) is 11.1. The lowest BCUT2D eigenvalue weighted by atomic mass is 9.72. The SMILES string of the molecule is CNCC(NCC(C)O)C1[C+]2C=C(C(O)COc3cc(CC[C-]4C=C(CO)C(CCCCCCCN)[OH+]4)ccc3O)N=C2CCC2CCCC21. The molecular weight excluding hydrogens is 632 g/mol. The van der Waals surface area contributed by atoms with Gasteiger partial charge in [-0.05, 0) is 88.6 Å². The summed E-state index contributed by atoms with van der Waals surface area (Å²) in [5, 5.41) is 48.9. The third-order valence-corrected chi connectivity index (χ3v) is 11.1. The van der Waals surface area contributed by atoms with Crippen LogP contribution in [-0.2, 0) is 6.42 Å². The molecule has 0 bridgehead atoms. The fraction of sp³-hybridized carbons (Fsp3) is 0.675. The number of phenols is 1. The van der Waals surface area contributed by atoms with E-state index < -0.39 is 12.2 Å². The Morgan fingerprint density at radius 2 is 1.94 bits per heavy atom. The van der Waals surface area contributed by atoms with Gasteiger partial charge in [0, 0.05) is 38.6 Å². The van der Waals surface area contributed by atoms with Crippen molar-refractivity contribution in [3.8, 4) is 11.5 Å². The minimum absolute atomic E-state index is 0.0208. The first-order chi connectivity index (χ1) is 24.3. The van der Waals surface area contributed by atoms with Crippen LogP contribution in [0.5, 0.6) is 11.5 Å². The molecule has 2 aliphatic carbocycles. The molecular formula is C40H63N4O6+. The van der Waals surface area contributed by atoms with Crippen LogP contribution in [0.2, 0.25) is 0 Å². The van der Waals surface area contributed by atoms with Crippen LogP contribution < -0.4 is 21.1 Å². The number of aryl methyl sites for hydroxylation is 1. The molecule has 10 heteroatoms. The molecule has 7 unspecified atom stereocenters. The summed E-state index contributed by atoms with van der Waals surface area (Å²) in [5.74, 6) is 3.05. The number of benzene rings is 1. The number of likely N-dealkylation sites (N-methyl/N-ethyl adjacent to an activating group) is 1. The minimum Gasteiger partial charge on any atom is -0.504 e. The number of phenolic OH excluding ortho intramolecular Hbond substituents is 1. The van der Waals surface area contributed by atoms with Gasteiger partial charge in [-0.2, -0.15) is 0 Å². The van der Waals surface area contributed by atoms with Crippen molar-refractivity contribution in [1.29, 1.82) is 0 Å². The van der Waals surface area contributed by atoms with Gasteiger partial charge in [0.05, 0.1) is 18.1 Å². The van der Waals surface area contributed by atoms with Gasteiger partial charge < -0.3 is 46.3 Å². The molecule has 7 atom stereocenters. The van der Waals surface area contributed by atoms with Crippen LogP contribution in [0.1, 0.15) is 89.5 Å². The zero-order valence-electron chi connectivity index (χ0n) is 30.3. The molecule has 9 N–H and O–H groups in total. The second-order valence-electron chi connectivity index (χ2n) is 14.9. The number of ether oxygens (including phenoxy) is 2. The number of nitrogens with two attached hydrogens (primary N) is 1. The van der Waals surface area contributed by atoms with Crippen molar-refractivity contribution in [2.75, 3.05) is 39.9 Å². The summed E-state index contributed by atoms with van der Waals surface area (Å²) in [6.45, 7) is 3.89. The van der Waals surface area contributed by atoms with E-state index in [0.717, 1.165) is 87.4 Å². The van der Waals surface area contributed by atoms with Crippen LogP contribution in [0.4, 0.5) is 0 Å². The molecule has 0 radical (unpaired) electrons. The van der Waals surface area contributed by atoms with Gasteiger partial charge >= 0.3 is 0 Å². The summed E-state index contributed by atoms with van der Waals surface area (Å²) in [5.41, 5.74) is 9.28. The molecule has 2 aliphatic heterocycles. The average molecular weight is 696 g/mol. The van der Waals surface area contributed by atoms with Crippen molar-refractivity contribution in [2.45, 2.75) is 115 Å². The lowest BCUT2D eigenvalue weighted by molar-refractivity contribution is -0.0552. The number of allylic oxidation sites excluding steroid dienone is 1. The smallest absolute Gasteiger partial charge is 0.208 e. The van der Waals surface area contributed by atoms with Gasteiger partial charge in [-0.15, -0.1) is 16.6 Å². The lowest BCUT2D eigenvalue weighted by Crippen LogP contribution is -2.50. The van der Waals surface area contributed by atoms with E-state index in [4.69, 9.17) is 20.2 Å². The van der Waals surface area contributed by atoms with Gasteiger partial charge in [-0.25, -0.2) is 0 Å². The van der Waals surface area contributed by atoms with Gasteiger partial charge in [0.25, 0.3) is 0 Å². The average Bonchev–Trinajstić information content (AvgIpc) is 3.84. The van der Waals surface area contributed by atoms with Gasteiger partial charge in [-0.3, -0.25) is 0 Å². The Kier molecular flexibility index (Phi) is 14.9. The molecule has 2 fully saturated rings. The summed E-state index contributed by atoms with van der Waals surface area (Å²) >= 11 is 0. The van der Waals surface area contributed by atoms with Crippen molar-refractivity contribution >= 4 is 5.71 Å². The molecule has 2 heterocycles. The molecule has 0 saturated heterocycles. The molecule has 4 aliphatic rings. The van der Waals surface area contributed by atoms with Crippen LogP contribution in [-0.4, -0.2) is 95.1 Å². The van der Waals surface area contributed by atoms with Crippen molar-refractivity contribution in [3.05, 3.63) is 59.2 Å². The van der Waals surface area contributed by atoms with Gasteiger partial charge in [0.15, 0.2) is 17.6 Å². The highest BCUT2D eigenvalue weighted by Gasteiger charge is 2.52. The Morgan fingerprint density at radius 1 is 1.12 bits per heavy atom. The number of aromatic hydroxyl groups is 1. The van der Waals surface area contributed by atoms with E-state index in [-0.39, 0.29) is 37.0 Å². The molecule has 1 aromatic carbocycles. The maximum Gasteiger partial charge on any atom is 0.208 e. The first-order valence-electron chi connectivity index (χ1n) is 19.2. The number of fused-ring (bicyclic) bond motifs is 2. The summed E-state index contributed by atoms with van der Waals surface area (Å²) < 4.78 is 11.0. The van der Waals surface area contributed by atoms with Gasteiger partial charge in [-0.1, -0.05) is 38.2 Å². The molecule has 0 amide bonds. The maximum atomic E-state index is 11.3. The zero-order valence-corrected chi connectivity index (χ0v) is 30.3. The number of nitrogens with zero attached hydrogens (tertiary/aromatic N) is 1. The van der Waals surface area contributed by atoms with Gasteiger partial charge in [0.1, 0.15) is 30.4 Å². The summed E-state index contributed by atoms with van der Waals surface area (Å²) in [4.78, 5) is 4.98.